The van der Waals surface area contributed by atoms with Crippen molar-refractivity contribution in [2.45, 2.75) is 52.6 Å². The van der Waals surface area contributed by atoms with Gasteiger partial charge in [-0.2, -0.15) is 0 Å². The molecule has 140 valence electrons. The van der Waals surface area contributed by atoms with E-state index in [2.05, 4.69) is 73.2 Å². The highest BCUT2D eigenvalue weighted by Crippen LogP contribution is 2.17. The van der Waals surface area contributed by atoms with E-state index in [0.29, 0.717) is 17.2 Å². The molecule has 4 N–H and O–H groups in total. The van der Waals surface area contributed by atoms with Gasteiger partial charge in [-0.25, -0.2) is 0 Å². The summed E-state index contributed by atoms with van der Waals surface area (Å²) >= 11 is 5.41. The molecule has 4 nitrogen and oxygen atoms in total. The first-order valence-corrected chi connectivity index (χ1v) is 9.72. The van der Waals surface area contributed by atoms with E-state index in [1.807, 2.05) is 24.3 Å². The molecule has 0 aliphatic heterocycles. The molecule has 0 amide bonds. The Morgan fingerprint density at radius 1 is 0.692 bits per heavy atom. The zero-order valence-corrected chi connectivity index (χ0v) is 16.9. The fraction of sp³-hybridized carbons (Fsp3) is 0.381. The van der Waals surface area contributed by atoms with Crippen molar-refractivity contribution in [3.8, 4) is 0 Å². The second kappa shape index (κ2) is 10.0. The Balaban J connectivity index is 1.86. The van der Waals surface area contributed by atoms with Crippen molar-refractivity contribution >= 4 is 40.1 Å². The highest BCUT2D eigenvalue weighted by molar-refractivity contribution is 7.80. The summed E-state index contributed by atoms with van der Waals surface area (Å²) in [6, 6.07) is 17.3. The summed E-state index contributed by atoms with van der Waals surface area (Å²) in [5.74, 6) is 0. The van der Waals surface area contributed by atoms with Crippen LogP contribution < -0.4 is 21.3 Å². The van der Waals surface area contributed by atoms with Crippen LogP contribution in [-0.2, 0) is 0 Å². The van der Waals surface area contributed by atoms with Gasteiger partial charge in [0.15, 0.2) is 5.11 Å². The van der Waals surface area contributed by atoms with Crippen LogP contribution in [-0.4, -0.2) is 17.2 Å². The minimum Gasteiger partial charge on any atom is -0.383 e. The number of rotatable bonds is 8. The van der Waals surface area contributed by atoms with E-state index in [1.165, 1.54) is 0 Å². The van der Waals surface area contributed by atoms with Crippen molar-refractivity contribution in [3.63, 3.8) is 0 Å². The molecule has 0 saturated heterocycles. The van der Waals surface area contributed by atoms with Gasteiger partial charge in [-0.15, -0.1) is 0 Å². The number of benzene rings is 2. The van der Waals surface area contributed by atoms with Gasteiger partial charge in [-0.05, 0) is 87.4 Å². The summed E-state index contributed by atoms with van der Waals surface area (Å²) in [6.45, 7) is 8.69. The van der Waals surface area contributed by atoms with Crippen LogP contribution in [0, 0.1) is 0 Å². The van der Waals surface area contributed by atoms with Crippen LogP contribution in [0.4, 0.5) is 22.7 Å². The molecule has 0 saturated carbocycles. The largest absolute Gasteiger partial charge is 0.383 e. The van der Waals surface area contributed by atoms with Gasteiger partial charge < -0.3 is 21.3 Å². The number of hydrogen-bond acceptors (Lipinski definition) is 3. The van der Waals surface area contributed by atoms with Crippen molar-refractivity contribution < 1.29 is 0 Å². The van der Waals surface area contributed by atoms with Gasteiger partial charge in [0, 0.05) is 34.8 Å². The van der Waals surface area contributed by atoms with Crippen LogP contribution in [0.2, 0.25) is 0 Å². The Hall–Kier alpha value is -2.27. The SMILES string of the molecule is CC[C@@H](C)Nc1ccc(NC(=S)Nc2ccc(N[C@@H](C)CC)cc2)cc1. The second-order valence-electron chi connectivity index (χ2n) is 6.64. The first-order valence-electron chi connectivity index (χ1n) is 9.31. The van der Waals surface area contributed by atoms with Crippen molar-refractivity contribution in [1.82, 2.24) is 0 Å². The zero-order valence-electron chi connectivity index (χ0n) is 16.1. The van der Waals surface area contributed by atoms with E-state index >= 15 is 0 Å². The van der Waals surface area contributed by atoms with Gasteiger partial charge in [-0.3, -0.25) is 0 Å². The predicted molar refractivity (Wildman–Crippen MR) is 119 cm³/mol. The van der Waals surface area contributed by atoms with E-state index in [9.17, 15) is 0 Å². The molecule has 2 aromatic carbocycles. The second-order valence-corrected chi connectivity index (χ2v) is 7.05. The fourth-order valence-electron chi connectivity index (χ4n) is 2.37. The van der Waals surface area contributed by atoms with Gasteiger partial charge in [0.1, 0.15) is 0 Å². The molecule has 0 bridgehead atoms. The highest BCUT2D eigenvalue weighted by atomic mass is 32.1. The average Bonchev–Trinajstić information content (AvgIpc) is 2.64. The minimum atomic E-state index is 0.467. The minimum absolute atomic E-state index is 0.467. The topological polar surface area (TPSA) is 48.1 Å². The van der Waals surface area contributed by atoms with Crippen molar-refractivity contribution in [2.24, 2.45) is 0 Å². The van der Waals surface area contributed by atoms with Crippen LogP contribution >= 0.6 is 12.2 Å². The van der Waals surface area contributed by atoms with E-state index in [4.69, 9.17) is 12.2 Å². The summed E-state index contributed by atoms with van der Waals surface area (Å²) in [5, 5.41) is 13.9. The van der Waals surface area contributed by atoms with Crippen LogP contribution in [0.5, 0.6) is 0 Å². The monoisotopic (exact) mass is 370 g/mol. The maximum absolute atomic E-state index is 5.41. The third-order valence-corrected chi connectivity index (χ3v) is 4.54. The molecule has 0 aliphatic rings. The molecule has 2 aromatic rings. The summed E-state index contributed by atoms with van der Waals surface area (Å²) in [5.41, 5.74) is 4.17. The summed E-state index contributed by atoms with van der Waals surface area (Å²) in [6.07, 6.45) is 2.19. The first kappa shape index (κ1) is 20.0. The molecule has 0 aromatic heterocycles. The summed E-state index contributed by atoms with van der Waals surface area (Å²) < 4.78 is 0. The quantitative estimate of drug-likeness (QED) is 0.435. The Morgan fingerprint density at radius 2 is 1.00 bits per heavy atom. The van der Waals surface area contributed by atoms with Crippen molar-refractivity contribution in [2.75, 3.05) is 21.3 Å². The number of anilines is 4. The predicted octanol–water partition coefficient (Wildman–Crippen LogP) is 5.92. The van der Waals surface area contributed by atoms with Crippen LogP contribution in [0.1, 0.15) is 40.5 Å². The molecule has 0 radical (unpaired) electrons. The molecule has 0 heterocycles. The lowest BCUT2D eigenvalue weighted by Gasteiger charge is -2.15. The molecule has 0 fully saturated rings. The molecule has 0 spiro atoms. The average molecular weight is 371 g/mol. The molecule has 26 heavy (non-hydrogen) atoms. The molecule has 2 atom stereocenters. The maximum Gasteiger partial charge on any atom is 0.175 e. The van der Waals surface area contributed by atoms with Gasteiger partial charge in [-0.1, -0.05) is 13.8 Å². The van der Waals surface area contributed by atoms with Gasteiger partial charge >= 0.3 is 0 Å². The standard InChI is InChI=1S/C21H30N4S/c1-5-15(3)22-17-7-11-19(12-8-17)24-21(26)25-20-13-9-18(10-14-20)23-16(4)6-2/h7-16,22-23H,5-6H2,1-4H3,(H2,24,25,26)/t15-,16+. The lowest BCUT2D eigenvalue weighted by molar-refractivity contribution is 0.764. The first-order chi connectivity index (χ1) is 12.5. The number of thiocarbonyl (C=S) groups is 1. The van der Waals surface area contributed by atoms with Crippen LogP contribution in [0.15, 0.2) is 48.5 Å². The van der Waals surface area contributed by atoms with Gasteiger partial charge in [0.05, 0.1) is 0 Å². The maximum atomic E-state index is 5.41. The molecule has 2 rings (SSSR count). The van der Waals surface area contributed by atoms with Crippen LogP contribution in [0.25, 0.3) is 0 Å². The third-order valence-electron chi connectivity index (χ3n) is 4.34. The summed E-state index contributed by atoms with van der Waals surface area (Å²) in [4.78, 5) is 0. The van der Waals surface area contributed by atoms with Crippen molar-refractivity contribution in [1.29, 1.82) is 0 Å². The fourth-order valence-corrected chi connectivity index (χ4v) is 2.60. The smallest absolute Gasteiger partial charge is 0.175 e. The van der Waals surface area contributed by atoms with Gasteiger partial charge in [0.25, 0.3) is 0 Å². The molecular weight excluding hydrogens is 340 g/mol. The highest BCUT2D eigenvalue weighted by Gasteiger charge is 2.03. The molecule has 0 unspecified atom stereocenters. The lowest BCUT2D eigenvalue weighted by Crippen LogP contribution is -2.19. The van der Waals surface area contributed by atoms with Crippen molar-refractivity contribution in [3.05, 3.63) is 48.5 Å². The van der Waals surface area contributed by atoms with Gasteiger partial charge in [0.2, 0.25) is 0 Å². The number of hydrogen-bond donors (Lipinski definition) is 4. The van der Waals surface area contributed by atoms with E-state index < -0.39 is 0 Å². The molecule has 5 heteroatoms. The lowest BCUT2D eigenvalue weighted by atomic mass is 10.2. The third kappa shape index (κ3) is 6.56. The summed E-state index contributed by atoms with van der Waals surface area (Å²) in [7, 11) is 0. The Labute approximate surface area is 162 Å². The Kier molecular flexibility index (Phi) is 7.73. The van der Waals surface area contributed by atoms with E-state index in [1.54, 1.807) is 0 Å². The Bertz CT molecular complexity index is 623. The van der Waals surface area contributed by atoms with Crippen LogP contribution in [0.3, 0.4) is 0 Å². The zero-order chi connectivity index (χ0) is 18.9. The normalized spacial score (nSPS) is 12.8. The molecule has 0 aliphatic carbocycles. The molecular formula is C21H30N4S. The number of nitrogens with one attached hydrogen (secondary N) is 4. The Morgan fingerprint density at radius 3 is 1.31 bits per heavy atom. The van der Waals surface area contributed by atoms with E-state index in [-0.39, 0.29) is 0 Å². The van der Waals surface area contributed by atoms with E-state index in [0.717, 1.165) is 35.6 Å².